The van der Waals surface area contributed by atoms with Gasteiger partial charge < -0.3 is 9.73 Å². The van der Waals surface area contributed by atoms with Crippen LogP contribution in [0.5, 0.6) is 0 Å². The first-order valence-electron chi connectivity index (χ1n) is 16.6. The zero-order valence-electron chi connectivity index (χ0n) is 26.5. The molecule has 0 spiro atoms. The van der Waals surface area contributed by atoms with Crippen LogP contribution in [-0.4, -0.2) is 10.8 Å². The van der Waals surface area contributed by atoms with Gasteiger partial charge in [-0.3, -0.25) is 5.32 Å². The Balaban J connectivity index is 1.14. The van der Waals surface area contributed by atoms with E-state index in [1.807, 2.05) is 24.4 Å². The van der Waals surface area contributed by atoms with E-state index in [-0.39, 0.29) is 12.3 Å². The molecule has 7 aromatic carbocycles. The van der Waals surface area contributed by atoms with Gasteiger partial charge in [0.05, 0.1) is 5.39 Å². The molecule has 2 unspecified atom stereocenters. The Labute approximate surface area is 282 Å². The fourth-order valence-corrected chi connectivity index (χ4v) is 7.43. The molecule has 0 saturated carbocycles. The molecule has 0 fully saturated rings. The Bertz CT molecular complexity index is 2760. The third-order valence-corrected chi connectivity index (χ3v) is 9.81. The van der Waals surface area contributed by atoms with Crippen LogP contribution in [0, 0.1) is 0 Å². The summed E-state index contributed by atoms with van der Waals surface area (Å²) in [7, 11) is 0. The maximum Gasteiger partial charge on any atom is 0.227 e. The van der Waals surface area contributed by atoms with Crippen LogP contribution in [-0.2, 0) is 0 Å². The smallest absolute Gasteiger partial charge is 0.227 e. The molecule has 5 nitrogen and oxygen atoms in total. The predicted octanol–water partition coefficient (Wildman–Crippen LogP) is 10.4. The molecule has 2 aromatic heterocycles. The summed E-state index contributed by atoms with van der Waals surface area (Å²) in [4.78, 5) is 9.96. The van der Waals surface area contributed by atoms with Crippen LogP contribution >= 0.6 is 0 Å². The zero-order chi connectivity index (χ0) is 32.3. The highest BCUT2D eigenvalue weighted by Crippen LogP contribution is 2.39. The molecule has 232 valence electrons. The standard InChI is InChI=1S/C44H30N4O/c1-3-11-29-25-31(21-19-27(29)9-1)41-46-42(32-22-20-28-10-2-4-12-30(28)26-32)48-43(47-41)37-17-8-14-33-34(15-7-16-35(33)37)36-23-24-45-44-40(36)38-13-5-6-18-39(38)49-44/h1-26,41-42,46H,(H,47,48). The van der Waals surface area contributed by atoms with Crippen LogP contribution in [0.4, 0.5) is 0 Å². The van der Waals surface area contributed by atoms with Crippen molar-refractivity contribution in [3.05, 3.63) is 175 Å². The number of aliphatic imine (C=N–C) groups is 1. The average molecular weight is 631 g/mol. The van der Waals surface area contributed by atoms with E-state index in [4.69, 9.17) is 9.41 Å². The minimum atomic E-state index is -0.257. The van der Waals surface area contributed by atoms with Crippen molar-refractivity contribution < 1.29 is 4.42 Å². The molecule has 49 heavy (non-hydrogen) atoms. The van der Waals surface area contributed by atoms with E-state index in [2.05, 4.69) is 149 Å². The molecule has 5 heteroatoms. The van der Waals surface area contributed by atoms with E-state index < -0.39 is 0 Å². The number of hydrogen-bond acceptors (Lipinski definition) is 5. The minimum Gasteiger partial charge on any atom is -0.438 e. The van der Waals surface area contributed by atoms with Gasteiger partial charge in [-0.15, -0.1) is 0 Å². The summed E-state index contributed by atoms with van der Waals surface area (Å²) < 4.78 is 6.16. The fourth-order valence-electron chi connectivity index (χ4n) is 7.43. The van der Waals surface area contributed by atoms with Gasteiger partial charge in [0.15, 0.2) is 0 Å². The van der Waals surface area contributed by atoms with E-state index in [1.165, 1.54) is 21.5 Å². The van der Waals surface area contributed by atoms with Gasteiger partial charge in [0.1, 0.15) is 23.8 Å². The average Bonchev–Trinajstić information content (AvgIpc) is 3.56. The van der Waals surface area contributed by atoms with Gasteiger partial charge in [-0.25, -0.2) is 9.98 Å². The lowest BCUT2D eigenvalue weighted by atomic mass is 9.93. The quantitative estimate of drug-likeness (QED) is 0.203. The van der Waals surface area contributed by atoms with Crippen LogP contribution in [0.15, 0.2) is 167 Å². The Kier molecular flexibility index (Phi) is 6.32. The SMILES string of the molecule is c1ccc2cc(C3N=C(c4cccc5c(-c6ccnc7oc8ccccc8c67)cccc45)NC(c4ccc5ccccc5c4)N3)ccc2c1. The van der Waals surface area contributed by atoms with Gasteiger partial charge in [0, 0.05) is 17.1 Å². The lowest BCUT2D eigenvalue weighted by Gasteiger charge is -2.32. The van der Waals surface area contributed by atoms with Crippen molar-refractivity contribution in [2.24, 2.45) is 4.99 Å². The molecule has 2 N–H and O–H groups in total. The minimum absolute atomic E-state index is 0.163. The van der Waals surface area contributed by atoms with Gasteiger partial charge in [-0.2, -0.15) is 0 Å². The molecular weight excluding hydrogens is 601 g/mol. The topological polar surface area (TPSA) is 62.5 Å². The van der Waals surface area contributed by atoms with Crippen molar-refractivity contribution in [2.45, 2.75) is 12.3 Å². The molecule has 0 saturated heterocycles. The van der Waals surface area contributed by atoms with Crippen molar-refractivity contribution in [3.63, 3.8) is 0 Å². The number of rotatable bonds is 4. The van der Waals surface area contributed by atoms with Gasteiger partial charge in [0.25, 0.3) is 0 Å². The second kappa shape index (κ2) is 11.2. The summed E-state index contributed by atoms with van der Waals surface area (Å²) in [6, 6.07) is 53.6. The molecular formula is C44H30N4O. The van der Waals surface area contributed by atoms with Crippen LogP contribution in [0.2, 0.25) is 0 Å². The molecule has 0 radical (unpaired) electrons. The predicted molar refractivity (Wildman–Crippen MR) is 201 cm³/mol. The van der Waals surface area contributed by atoms with Crippen molar-refractivity contribution >= 4 is 60.2 Å². The number of furan rings is 1. The highest BCUT2D eigenvalue weighted by Gasteiger charge is 2.27. The number of nitrogens with zero attached hydrogens (tertiary/aromatic N) is 2. The van der Waals surface area contributed by atoms with Crippen molar-refractivity contribution in [1.29, 1.82) is 0 Å². The maximum absolute atomic E-state index is 6.16. The lowest BCUT2D eigenvalue weighted by Crippen LogP contribution is -2.45. The summed E-state index contributed by atoms with van der Waals surface area (Å²) in [6.45, 7) is 0. The van der Waals surface area contributed by atoms with Crippen LogP contribution in [0.3, 0.4) is 0 Å². The van der Waals surface area contributed by atoms with Crippen molar-refractivity contribution in [3.8, 4) is 11.1 Å². The molecule has 0 aliphatic carbocycles. The molecule has 1 aliphatic heterocycles. The first-order chi connectivity index (χ1) is 24.3. The molecule has 0 amide bonds. The first-order valence-corrected chi connectivity index (χ1v) is 16.6. The second-order valence-corrected chi connectivity index (χ2v) is 12.7. The summed E-state index contributed by atoms with van der Waals surface area (Å²) in [5.74, 6) is 0.853. The number of fused-ring (bicyclic) bond motifs is 6. The number of aromatic nitrogens is 1. The first kappa shape index (κ1) is 27.8. The van der Waals surface area contributed by atoms with E-state index in [0.29, 0.717) is 5.71 Å². The van der Waals surface area contributed by atoms with Crippen molar-refractivity contribution in [2.75, 3.05) is 0 Å². The fraction of sp³-hybridized carbons (Fsp3) is 0.0455. The van der Waals surface area contributed by atoms with E-state index >= 15 is 0 Å². The highest BCUT2D eigenvalue weighted by molar-refractivity contribution is 6.17. The molecule has 0 bridgehead atoms. The van der Waals surface area contributed by atoms with Gasteiger partial charge in [0.2, 0.25) is 5.71 Å². The normalized spacial score (nSPS) is 16.4. The Hall–Kier alpha value is -6.30. The second-order valence-electron chi connectivity index (χ2n) is 12.7. The van der Waals surface area contributed by atoms with Gasteiger partial charge in [-0.05, 0) is 78.8 Å². The van der Waals surface area contributed by atoms with Crippen LogP contribution < -0.4 is 10.6 Å². The highest BCUT2D eigenvalue weighted by atomic mass is 16.3. The summed E-state index contributed by atoms with van der Waals surface area (Å²) in [6.07, 6.45) is 1.42. The van der Waals surface area contributed by atoms with E-state index in [1.54, 1.807) is 0 Å². The Morgan fingerprint density at radius 2 is 1.14 bits per heavy atom. The van der Waals surface area contributed by atoms with Gasteiger partial charge >= 0.3 is 0 Å². The Morgan fingerprint density at radius 3 is 1.94 bits per heavy atom. The lowest BCUT2D eigenvalue weighted by molar-refractivity contribution is 0.409. The van der Waals surface area contributed by atoms with Gasteiger partial charge in [-0.1, -0.05) is 127 Å². The number of nitrogens with one attached hydrogen (secondary N) is 2. The Morgan fingerprint density at radius 1 is 0.510 bits per heavy atom. The number of para-hydroxylation sites is 1. The third-order valence-electron chi connectivity index (χ3n) is 9.81. The van der Waals surface area contributed by atoms with E-state index in [9.17, 15) is 0 Å². The van der Waals surface area contributed by atoms with E-state index in [0.717, 1.165) is 60.8 Å². The zero-order valence-corrected chi connectivity index (χ0v) is 26.5. The maximum atomic E-state index is 6.16. The van der Waals surface area contributed by atoms with Crippen LogP contribution in [0.1, 0.15) is 29.0 Å². The van der Waals surface area contributed by atoms with Crippen molar-refractivity contribution in [1.82, 2.24) is 15.6 Å². The number of hydrogen-bond donors (Lipinski definition) is 2. The summed E-state index contributed by atoms with van der Waals surface area (Å²) >= 11 is 0. The molecule has 3 heterocycles. The summed E-state index contributed by atoms with van der Waals surface area (Å²) in [5.41, 5.74) is 7.05. The molecule has 2 atom stereocenters. The van der Waals surface area contributed by atoms with Crippen LogP contribution in [0.25, 0.3) is 65.5 Å². The molecule has 9 aromatic rings. The molecule has 10 rings (SSSR count). The number of benzene rings is 7. The monoisotopic (exact) mass is 630 g/mol. The summed E-state index contributed by atoms with van der Waals surface area (Å²) in [5, 5.41) is 16.8. The molecule has 1 aliphatic rings. The number of pyridine rings is 1. The number of amidine groups is 1. The third kappa shape index (κ3) is 4.66. The largest absolute Gasteiger partial charge is 0.438 e.